The van der Waals surface area contributed by atoms with Gasteiger partial charge in [-0.2, -0.15) is 0 Å². The number of rotatable bonds is 4. The van der Waals surface area contributed by atoms with Crippen molar-refractivity contribution in [3.63, 3.8) is 0 Å². The van der Waals surface area contributed by atoms with Gasteiger partial charge in [-0.1, -0.05) is 24.3 Å². The van der Waals surface area contributed by atoms with Crippen LogP contribution < -0.4 is 9.47 Å². The second kappa shape index (κ2) is 5.73. The molecule has 0 saturated carbocycles. The minimum absolute atomic E-state index is 0.00419. The lowest BCUT2D eigenvalue weighted by molar-refractivity contribution is -0.274. The molecule has 0 bridgehead atoms. The predicted molar refractivity (Wildman–Crippen MR) is 65.6 cm³/mol. The highest BCUT2D eigenvalue weighted by molar-refractivity contribution is 5.38. The highest BCUT2D eigenvalue weighted by Gasteiger charge is 2.30. The molecular weight excluding hydrogens is 273 g/mol. The first-order chi connectivity index (χ1) is 9.44. The molecule has 0 saturated heterocycles. The van der Waals surface area contributed by atoms with Gasteiger partial charge in [0.1, 0.15) is 12.4 Å². The fraction of sp³-hybridized carbons (Fsp3) is 0.143. The molecule has 6 heteroatoms. The number of ether oxygens (including phenoxy) is 2. The van der Waals surface area contributed by atoms with Gasteiger partial charge in [0.05, 0.1) is 0 Å². The quantitative estimate of drug-likeness (QED) is 0.926. The van der Waals surface area contributed by atoms with Crippen LogP contribution in [0.25, 0.3) is 0 Å². The Kier molecular flexibility index (Phi) is 4.02. The van der Waals surface area contributed by atoms with E-state index in [1.54, 1.807) is 18.2 Å². The van der Waals surface area contributed by atoms with E-state index in [4.69, 9.17) is 4.74 Å². The largest absolute Gasteiger partial charge is 0.573 e. The zero-order chi connectivity index (χ0) is 14.6. The van der Waals surface area contributed by atoms with Gasteiger partial charge in [0.2, 0.25) is 0 Å². The number of hydrogen-bond donors (Lipinski definition) is 1. The summed E-state index contributed by atoms with van der Waals surface area (Å²) in [6, 6.07) is 11.8. The summed E-state index contributed by atoms with van der Waals surface area (Å²) < 4.78 is 45.1. The molecule has 1 N–H and O–H groups in total. The van der Waals surface area contributed by atoms with E-state index in [9.17, 15) is 18.3 Å². The molecule has 106 valence electrons. The van der Waals surface area contributed by atoms with Crippen molar-refractivity contribution in [1.82, 2.24) is 0 Å². The number of hydrogen-bond acceptors (Lipinski definition) is 3. The molecule has 0 aliphatic carbocycles. The molecule has 3 nitrogen and oxygen atoms in total. The third-order valence-electron chi connectivity index (χ3n) is 2.42. The Hall–Kier alpha value is -2.37. The summed E-state index contributed by atoms with van der Waals surface area (Å²) in [5.74, 6) is 0.0245. The normalized spacial score (nSPS) is 11.2. The lowest BCUT2D eigenvalue weighted by Crippen LogP contribution is -2.17. The molecule has 0 heterocycles. The van der Waals surface area contributed by atoms with Crippen LogP contribution in [-0.2, 0) is 6.61 Å². The summed E-state index contributed by atoms with van der Waals surface area (Å²) in [5, 5.41) is 9.49. The van der Waals surface area contributed by atoms with Crippen LogP contribution in [0.2, 0.25) is 0 Å². The fourth-order valence-corrected chi connectivity index (χ4v) is 1.53. The van der Waals surface area contributed by atoms with Gasteiger partial charge < -0.3 is 14.6 Å². The number of phenols is 1. The Balaban J connectivity index is 1.96. The Morgan fingerprint density at radius 1 is 0.950 bits per heavy atom. The molecule has 0 aromatic heterocycles. The van der Waals surface area contributed by atoms with E-state index in [0.29, 0.717) is 11.3 Å². The maximum Gasteiger partial charge on any atom is 0.573 e. The lowest BCUT2D eigenvalue weighted by atomic mass is 10.2. The Morgan fingerprint density at radius 2 is 1.60 bits per heavy atom. The van der Waals surface area contributed by atoms with Crippen LogP contribution in [-0.4, -0.2) is 11.5 Å². The summed E-state index contributed by atoms with van der Waals surface area (Å²) in [7, 11) is 0. The smallest absolute Gasteiger partial charge is 0.504 e. The van der Waals surface area contributed by atoms with Crippen molar-refractivity contribution in [2.75, 3.05) is 0 Å². The Morgan fingerprint density at radius 3 is 2.20 bits per heavy atom. The van der Waals surface area contributed by atoms with Gasteiger partial charge in [0.25, 0.3) is 0 Å². The van der Waals surface area contributed by atoms with Crippen molar-refractivity contribution in [2.24, 2.45) is 0 Å². The first-order valence-electron chi connectivity index (χ1n) is 5.69. The number of halogens is 3. The Bertz CT molecular complexity index is 565. The van der Waals surface area contributed by atoms with E-state index in [0.717, 1.165) is 0 Å². The highest BCUT2D eigenvalue weighted by Crippen LogP contribution is 2.26. The molecule has 2 aromatic carbocycles. The van der Waals surface area contributed by atoms with Crippen molar-refractivity contribution in [2.45, 2.75) is 13.0 Å². The van der Waals surface area contributed by atoms with Crippen LogP contribution in [0.15, 0.2) is 48.5 Å². The first kappa shape index (κ1) is 14.0. The molecular formula is C14H11F3O3. The summed E-state index contributed by atoms with van der Waals surface area (Å²) in [6.07, 6.45) is -4.70. The molecule has 2 aromatic rings. The first-order valence-corrected chi connectivity index (χ1v) is 5.69. The summed E-state index contributed by atoms with van der Waals surface area (Å²) in [6.45, 7) is 0.129. The summed E-state index contributed by atoms with van der Waals surface area (Å²) in [4.78, 5) is 0. The third-order valence-corrected chi connectivity index (χ3v) is 2.42. The van der Waals surface area contributed by atoms with Crippen LogP contribution in [0.1, 0.15) is 5.56 Å². The second-order valence-electron chi connectivity index (χ2n) is 3.95. The maximum atomic E-state index is 12.0. The van der Waals surface area contributed by atoms with Crippen molar-refractivity contribution >= 4 is 0 Å². The summed E-state index contributed by atoms with van der Waals surface area (Å²) in [5.41, 5.74) is 0.655. The number of benzene rings is 2. The second-order valence-corrected chi connectivity index (χ2v) is 3.95. The molecule has 0 amide bonds. The Labute approximate surface area is 113 Å². The minimum Gasteiger partial charge on any atom is -0.504 e. The SMILES string of the molecule is Oc1ccccc1OCc1ccc(OC(F)(F)F)cc1. The fourth-order valence-electron chi connectivity index (χ4n) is 1.53. The predicted octanol–water partition coefficient (Wildman–Crippen LogP) is 3.87. The number of phenolic OH excluding ortho intramolecular Hbond substituents is 1. The van der Waals surface area contributed by atoms with E-state index < -0.39 is 6.36 Å². The highest BCUT2D eigenvalue weighted by atomic mass is 19.4. The van der Waals surface area contributed by atoms with Crippen LogP contribution >= 0.6 is 0 Å². The average Bonchev–Trinajstić information content (AvgIpc) is 2.38. The molecule has 2 rings (SSSR count). The molecule has 0 aliphatic rings. The van der Waals surface area contributed by atoms with Crippen molar-refractivity contribution in [3.05, 3.63) is 54.1 Å². The van der Waals surface area contributed by atoms with Gasteiger partial charge >= 0.3 is 6.36 Å². The molecule has 0 fully saturated rings. The zero-order valence-corrected chi connectivity index (χ0v) is 10.2. The molecule has 0 aliphatic heterocycles. The number of aromatic hydroxyl groups is 1. The average molecular weight is 284 g/mol. The van der Waals surface area contributed by atoms with E-state index in [1.807, 2.05) is 0 Å². The van der Waals surface area contributed by atoms with Crippen LogP contribution in [0.3, 0.4) is 0 Å². The van der Waals surface area contributed by atoms with Gasteiger partial charge in [0.15, 0.2) is 11.5 Å². The number of alkyl halides is 3. The van der Waals surface area contributed by atoms with E-state index >= 15 is 0 Å². The molecule has 0 unspecified atom stereocenters. The van der Waals surface area contributed by atoms with Crippen molar-refractivity contribution < 1.29 is 27.8 Å². The van der Waals surface area contributed by atoms with E-state index in [2.05, 4.69) is 4.74 Å². The minimum atomic E-state index is -4.70. The third kappa shape index (κ3) is 4.08. The maximum absolute atomic E-state index is 12.0. The molecule has 20 heavy (non-hydrogen) atoms. The topological polar surface area (TPSA) is 38.7 Å². The standard InChI is InChI=1S/C14H11F3O3/c15-14(16,17)20-11-7-5-10(6-8-11)9-19-13-4-2-1-3-12(13)18/h1-8,18H,9H2. The van der Waals surface area contributed by atoms with Crippen LogP contribution in [0, 0.1) is 0 Å². The lowest BCUT2D eigenvalue weighted by Gasteiger charge is -2.10. The molecule has 0 spiro atoms. The van der Waals surface area contributed by atoms with Crippen molar-refractivity contribution in [3.8, 4) is 17.2 Å². The van der Waals surface area contributed by atoms with Gasteiger partial charge in [-0.15, -0.1) is 13.2 Å². The van der Waals surface area contributed by atoms with E-state index in [-0.39, 0.29) is 18.1 Å². The monoisotopic (exact) mass is 284 g/mol. The summed E-state index contributed by atoms with van der Waals surface area (Å²) >= 11 is 0. The van der Waals surface area contributed by atoms with Gasteiger partial charge in [-0.05, 0) is 29.8 Å². The molecule has 0 radical (unpaired) electrons. The molecule has 0 atom stereocenters. The van der Waals surface area contributed by atoms with Gasteiger partial charge in [-0.3, -0.25) is 0 Å². The van der Waals surface area contributed by atoms with Crippen LogP contribution in [0.5, 0.6) is 17.2 Å². The van der Waals surface area contributed by atoms with Gasteiger partial charge in [0, 0.05) is 0 Å². The van der Waals surface area contributed by atoms with Crippen molar-refractivity contribution in [1.29, 1.82) is 0 Å². The zero-order valence-electron chi connectivity index (χ0n) is 10.2. The number of para-hydroxylation sites is 2. The van der Waals surface area contributed by atoms with Crippen LogP contribution in [0.4, 0.5) is 13.2 Å². The van der Waals surface area contributed by atoms with Gasteiger partial charge in [-0.25, -0.2) is 0 Å². The van der Waals surface area contributed by atoms with E-state index in [1.165, 1.54) is 30.3 Å².